The lowest BCUT2D eigenvalue weighted by Gasteiger charge is -2.27. The molecule has 0 saturated carbocycles. The number of methoxy groups -OCH3 is 3. The maximum Gasteiger partial charge on any atom is 0.328 e. The van der Waals surface area contributed by atoms with Gasteiger partial charge in [-0.3, -0.25) is 9.59 Å². The van der Waals surface area contributed by atoms with Gasteiger partial charge in [-0.15, -0.1) is 0 Å². The maximum atomic E-state index is 13.0. The number of nitrogens with zero attached hydrogens (tertiary/aromatic N) is 1. The predicted octanol–water partition coefficient (Wildman–Crippen LogP) is 1.90. The second-order valence-corrected chi connectivity index (χ2v) is 7.34. The van der Waals surface area contributed by atoms with E-state index in [-0.39, 0.29) is 17.7 Å². The van der Waals surface area contributed by atoms with Crippen LogP contribution in [0.4, 0.5) is 0 Å². The standard InChI is InChI=1S/C21H30N2O6/c1-13(2)17(20(26)27-3)22-18(24)16-7-6-12-23(16)19(25)14-8-10-15(11-9-14)21(28-4)29-5/h8-11,13,16-17,21H,6-7,12H2,1-5H3,(H,22,24)/t16-,17-/m0/s1. The molecule has 0 spiro atoms. The molecule has 160 valence electrons. The molecular weight excluding hydrogens is 376 g/mol. The first kappa shape index (κ1) is 22.8. The summed E-state index contributed by atoms with van der Waals surface area (Å²) in [7, 11) is 4.37. The summed E-state index contributed by atoms with van der Waals surface area (Å²) in [5, 5.41) is 2.74. The van der Waals surface area contributed by atoms with E-state index in [1.165, 1.54) is 7.11 Å². The smallest absolute Gasteiger partial charge is 0.328 e. The van der Waals surface area contributed by atoms with E-state index < -0.39 is 24.3 Å². The Bertz CT molecular complexity index is 714. The number of esters is 1. The number of hydrogen-bond donors (Lipinski definition) is 1. The fourth-order valence-electron chi connectivity index (χ4n) is 3.47. The van der Waals surface area contributed by atoms with Gasteiger partial charge >= 0.3 is 5.97 Å². The molecule has 1 aromatic carbocycles. The molecule has 0 aromatic heterocycles. The second kappa shape index (κ2) is 10.4. The first-order valence-corrected chi connectivity index (χ1v) is 9.68. The Balaban J connectivity index is 2.12. The summed E-state index contributed by atoms with van der Waals surface area (Å²) < 4.78 is 15.2. The molecule has 2 atom stereocenters. The Hall–Kier alpha value is -2.45. The maximum absolute atomic E-state index is 13.0. The van der Waals surface area contributed by atoms with Gasteiger partial charge in [-0.1, -0.05) is 26.0 Å². The van der Waals surface area contributed by atoms with Crippen LogP contribution in [0.1, 0.15) is 48.9 Å². The molecule has 1 aliphatic heterocycles. The van der Waals surface area contributed by atoms with Gasteiger partial charge in [0.1, 0.15) is 12.1 Å². The number of hydrogen-bond acceptors (Lipinski definition) is 6. The molecule has 8 nitrogen and oxygen atoms in total. The topological polar surface area (TPSA) is 94.2 Å². The molecule has 2 amide bonds. The van der Waals surface area contributed by atoms with E-state index in [0.717, 1.165) is 12.0 Å². The molecule has 0 bridgehead atoms. The van der Waals surface area contributed by atoms with E-state index in [1.54, 1.807) is 43.4 Å². The van der Waals surface area contributed by atoms with Crippen molar-refractivity contribution in [3.05, 3.63) is 35.4 Å². The van der Waals surface area contributed by atoms with Crippen molar-refractivity contribution in [2.75, 3.05) is 27.9 Å². The Labute approximate surface area is 171 Å². The van der Waals surface area contributed by atoms with Gasteiger partial charge in [-0.05, 0) is 30.9 Å². The van der Waals surface area contributed by atoms with E-state index in [0.29, 0.717) is 18.5 Å². The average molecular weight is 406 g/mol. The third-order valence-corrected chi connectivity index (χ3v) is 5.09. The van der Waals surface area contributed by atoms with Crippen molar-refractivity contribution in [3.63, 3.8) is 0 Å². The molecular formula is C21H30N2O6. The van der Waals surface area contributed by atoms with Gasteiger partial charge in [-0.2, -0.15) is 0 Å². The molecule has 29 heavy (non-hydrogen) atoms. The van der Waals surface area contributed by atoms with Crippen LogP contribution in [-0.2, 0) is 23.8 Å². The Morgan fingerprint density at radius 3 is 2.21 bits per heavy atom. The minimum atomic E-state index is -0.746. The molecule has 0 aliphatic carbocycles. The first-order valence-electron chi connectivity index (χ1n) is 9.68. The van der Waals surface area contributed by atoms with Gasteiger partial charge in [0.05, 0.1) is 7.11 Å². The predicted molar refractivity (Wildman–Crippen MR) is 106 cm³/mol. The first-order chi connectivity index (χ1) is 13.8. The number of carbonyl (C=O) groups excluding carboxylic acids is 3. The Morgan fingerprint density at radius 1 is 1.07 bits per heavy atom. The van der Waals surface area contributed by atoms with Gasteiger partial charge in [0.15, 0.2) is 6.29 Å². The van der Waals surface area contributed by atoms with Crippen LogP contribution in [-0.4, -0.2) is 62.6 Å². The number of amides is 2. The summed E-state index contributed by atoms with van der Waals surface area (Å²) >= 11 is 0. The third-order valence-electron chi connectivity index (χ3n) is 5.09. The van der Waals surface area contributed by atoms with Crippen LogP contribution in [0.5, 0.6) is 0 Å². The zero-order valence-electron chi connectivity index (χ0n) is 17.6. The highest BCUT2D eigenvalue weighted by molar-refractivity contribution is 5.98. The van der Waals surface area contributed by atoms with Crippen molar-refractivity contribution in [1.82, 2.24) is 10.2 Å². The lowest BCUT2D eigenvalue weighted by molar-refractivity contribution is -0.146. The number of nitrogens with one attached hydrogen (secondary N) is 1. The highest BCUT2D eigenvalue weighted by Crippen LogP contribution is 2.23. The molecule has 1 heterocycles. The SMILES string of the molecule is COC(=O)[C@@H](NC(=O)[C@@H]1CCCN1C(=O)c1ccc(C(OC)OC)cc1)C(C)C. The van der Waals surface area contributed by atoms with Crippen molar-refractivity contribution >= 4 is 17.8 Å². The van der Waals surface area contributed by atoms with Crippen molar-refractivity contribution in [1.29, 1.82) is 0 Å². The van der Waals surface area contributed by atoms with E-state index in [4.69, 9.17) is 14.2 Å². The highest BCUT2D eigenvalue weighted by atomic mass is 16.7. The molecule has 1 aromatic rings. The van der Waals surface area contributed by atoms with E-state index in [2.05, 4.69) is 5.32 Å². The molecule has 1 fully saturated rings. The normalized spacial score (nSPS) is 17.5. The lowest BCUT2D eigenvalue weighted by Crippen LogP contribution is -2.52. The largest absolute Gasteiger partial charge is 0.467 e. The minimum Gasteiger partial charge on any atom is -0.467 e. The van der Waals surface area contributed by atoms with Gasteiger partial charge in [0, 0.05) is 31.9 Å². The lowest BCUT2D eigenvalue weighted by atomic mass is 10.0. The zero-order valence-corrected chi connectivity index (χ0v) is 17.6. The van der Waals surface area contributed by atoms with Crippen LogP contribution >= 0.6 is 0 Å². The van der Waals surface area contributed by atoms with Crippen molar-refractivity contribution in [3.8, 4) is 0 Å². The summed E-state index contributed by atoms with van der Waals surface area (Å²) in [5.41, 5.74) is 1.27. The van der Waals surface area contributed by atoms with E-state index >= 15 is 0 Å². The van der Waals surface area contributed by atoms with Crippen LogP contribution < -0.4 is 5.32 Å². The number of benzene rings is 1. The van der Waals surface area contributed by atoms with Crippen LogP contribution in [0.3, 0.4) is 0 Å². The van der Waals surface area contributed by atoms with E-state index in [9.17, 15) is 14.4 Å². The summed E-state index contributed by atoms with van der Waals surface area (Å²) in [6, 6.07) is 5.57. The summed E-state index contributed by atoms with van der Waals surface area (Å²) in [6.45, 7) is 4.14. The molecule has 8 heteroatoms. The van der Waals surface area contributed by atoms with Gasteiger partial charge < -0.3 is 24.4 Å². The molecule has 2 rings (SSSR count). The summed E-state index contributed by atoms with van der Waals surface area (Å²) in [6.07, 6.45) is 0.773. The highest BCUT2D eigenvalue weighted by Gasteiger charge is 2.37. The molecule has 0 unspecified atom stereocenters. The number of ether oxygens (including phenoxy) is 3. The molecule has 1 aliphatic rings. The average Bonchev–Trinajstić information content (AvgIpc) is 3.22. The fraction of sp³-hybridized carbons (Fsp3) is 0.571. The van der Waals surface area contributed by atoms with Crippen molar-refractivity contribution in [2.24, 2.45) is 5.92 Å². The minimum absolute atomic E-state index is 0.126. The summed E-state index contributed by atoms with van der Waals surface area (Å²) in [4.78, 5) is 39.3. The number of rotatable bonds is 8. The number of likely N-dealkylation sites (tertiary alicyclic amines) is 1. The van der Waals surface area contributed by atoms with Gasteiger partial charge in [0.25, 0.3) is 5.91 Å². The van der Waals surface area contributed by atoms with E-state index in [1.807, 2.05) is 13.8 Å². The van der Waals surface area contributed by atoms with Crippen LogP contribution in [0.25, 0.3) is 0 Å². The van der Waals surface area contributed by atoms with Gasteiger partial charge in [0.2, 0.25) is 5.91 Å². The number of carbonyl (C=O) groups is 3. The Morgan fingerprint density at radius 2 is 1.69 bits per heavy atom. The Kier molecular flexibility index (Phi) is 8.16. The monoisotopic (exact) mass is 406 g/mol. The van der Waals surface area contributed by atoms with Crippen LogP contribution in [0, 0.1) is 5.92 Å². The third kappa shape index (κ3) is 5.33. The van der Waals surface area contributed by atoms with Crippen LogP contribution in [0.2, 0.25) is 0 Å². The quantitative estimate of drug-likeness (QED) is 0.523. The van der Waals surface area contributed by atoms with Crippen molar-refractivity contribution < 1.29 is 28.6 Å². The van der Waals surface area contributed by atoms with Crippen LogP contribution in [0.15, 0.2) is 24.3 Å². The van der Waals surface area contributed by atoms with Crippen molar-refractivity contribution in [2.45, 2.75) is 45.1 Å². The zero-order chi connectivity index (χ0) is 21.6. The fourth-order valence-corrected chi connectivity index (χ4v) is 3.47. The summed E-state index contributed by atoms with van der Waals surface area (Å²) in [5.74, 6) is -1.18. The second-order valence-electron chi connectivity index (χ2n) is 7.34. The van der Waals surface area contributed by atoms with Gasteiger partial charge in [-0.25, -0.2) is 4.79 Å². The molecule has 1 saturated heterocycles. The molecule has 1 N–H and O–H groups in total. The molecule has 0 radical (unpaired) electrons.